The summed E-state index contributed by atoms with van der Waals surface area (Å²) in [6, 6.07) is 4.63. The van der Waals surface area contributed by atoms with Crippen LogP contribution in [0.3, 0.4) is 0 Å². The zero-order chi connectivity index (χ0) is 18.4. The second kappa shape index (κ2) is 9.20. The molecule has 1 saturated heterocycles. The average molecular weight is 365 g/mol. The maximum Gasteiger partial charge on any atom is 0.283 e. The number of nitro groups is 1. The molecule has 1 aromatic rings. The molecule has 138 valence electrons. The van der Waals surface area contributed by atoms with Crippen molar-refractivity contribution in [1.82, 2.24) is 10.2 Å². The Hall–Kier alpha value is -1.60. The number of nitrogens with zero attached hydrogens (tertiary/aromatic N) is 2. The van der Waals surface area contributed by atoms with Gasteiger partial charge in [-0.3, -0.25) is 14.9 Å². The molecule has 2 unspecified atom stereocenters. The maximum atomic E-state index is 12.2. The molecule has 0 radical (unpaired) electrons. The third-order valence-electron chi connectivity index (χ3n) is 4.52. The molecular formula is C18H27N3O3S. The number of carbonyl (C=O) groups is 1. The van der Waals surface area contributed by atoms with Gasteiger partial charge in [0.15, 0.2) is 0 Å². The van der Waals surface area contributed by atoms with Crippen LogP contribution in [0, 0.1) is 22.0 Å². The van der Waals surface area contributed by atoms with E-state index in [-0.39, 0.29) is 11.6 Å². The zero-order valence-corrected chi connectivity index (χ0v) is 16.0. The van der Waals surface area contributed by atoms with Crippen molar-refractivity contribution in [1.29, 1.82) is 0 Å². The van der Waals surface area contributed by atoms with Crippen LogP contribution >= 0.6 is 11.8 Å². The highest BCUT2D eigenvalue weighted by atomic mass is 32.2. The van der Waals surface area contributed by atoms with E-state index in [1.165, 1.54) is 24.2 Å². The van der Waals surface area contributed by atoms with Crippen molar-refractivity contribution in [2.45, 2.75) is 31.6 Å². The van der Waals surface area contributed by atoms with Gasteiger partial charge in [0.2, 0.25) is 0 Å². The minimum Gasteiger partial charge on any atom is -0.352 e. The van der Waals surface area contributed by atoms with E-state index < -0.39 is 4.92 Å². The van der Waals surface area contributed by atoms with Crippen LogP contribution in [0.2, 0.25) is 0 Å². The van der Waals surface area contributed by atoms with E-state index >= 15 is 0 Å². The number of rotatable bonds is 7. The molecule has 1 amide bonds. The first kappa shape index (κ1) is 19.7. The second-order valence-electron chi connectivity index (χ2n) is 6.96. The Kier molecular flexibility index (Phi) is 7.25. The van der Waals surface area contributed by atoms with Gasteiger partial charge in [-0.05, 0) is 49.6 Å². The van der Waals surface area contributed by atoms with Crippen molar-refractivity contribution < 1.29 is 9.72 Å². The average Bonchev–Trinajstić information content (AvgIpc) is 2.57. The topological polar surface area (TPSA) is 75.5 Å². The molecule has 0 aliphatic carbocycles. The number of hydrogen-bond acceptors (Lipinski definition) is 5. The number of likely N-dealkylation sites (tertiary alicyclic amines) is 1. The van der Waals surface area contributed by atoms with Gasteiger partial charge in [-0.25, -0.2) is 0 Å². The van der Waals surface area contributed by atoms with Crippen molar-refractivity contribution in [3.63, 3.8) is 0 Å². The smallest absolute Gasteiger partial charge is 0.283 e. The summed E-state index contributed by atoms with van der Waals surface area (Å²) < 4.78 is 0. The van der Waals surface area contributed by atoms with Crippen molar-refractivity contribution in [2.24, 2.45) is 11.8 Å². The third-order valence-corrected chi connectivity index (χ3v) is 5.30. The summed E-state index contributed by atoms with van der Waals surface area (Å²) in [5.74, 6) is 1.21. The Morgan fingerprint density at radius 1 is 1.36 bits per heavy atom. The fourth-order valence-corrected chi connectivity index (χ4v) is 4.10. The Labute approximate surface area is 153 Å². The molecule has 0 aromatic heterocycles. The predicted octanol–water partition coefficient (Wildman–Crippen LogP) is 3.41. The Bertz CT molecular complexity index is 614. The van der Waals surface area contributed by atoms with Crippen LogP contribution < -0.4 is 5.32 Å². The van der Waals surface area contributed by atoms with Gasteiger partial charge in [-0.2, -0.15) is 0 Å². The first-order valence-electron chi connectivity index (χ1n) is 8.73. The highest BCUT2D eigenvalue weighted by Crippen LogP contribution is 2.28. The fourth-order valence-electron chi connectivity index (χ4n) is 3.56. The van der Waals surface area contributed by atoms with Gasteiger partial charge in [0.05, 0.1) is 9.82 Å². The summed E-state index contributed by atoms with van der Waals surface area (Å²) in [4.78, 5) is 25.9. The Morgan fingerprint density at radius 3 is 2.64 bits per heavy atom. The number of nitrogens with one attached hydrogen (secondary N) is 1. The van der Waals surface area contributed by atoms with Gasteiger partial charge in [0, 0.05) is 31.3 Å². The molecule has 6 nitrogen and oxygen atoms in total. The summed E-state index contributed by atoms with van der Waals surface area (Å²) in [6.45, 7) is 8.38. The molecule has 2 rings (SSSR count). The predicted molar refractivity (Wildman–Crippen MR) is 101 cm³/mol. The number of carbonyl (C=O) groups excluding carboxylic acids is 1. The SMILES string of the molecule is CSc1ccc(C(=O)NCCCN2CC(C)CC(C)C2)cc1[N+](=O)[O-]. The normalized spacial score (nSPS) is 21.1. The van der Waals surface area contributed by atoms with Crippen LogP contribution in [0.5, 0.6) is 0 Å². The summed E-state index contributed by atoms with van der Waals surface area (Å²) in [7, 11) is 0. The number of nitro benzene ring substituents is 1. The number of amides is 1. The molecule has 25 heavy (non-hydrogen) atoms. The van der Waals surface area contributed by atoms with E-state index in [4.69, 9.17) is 0 Å². The van der Waals surface area contributed by atoms with Crippen LogP contribution in [-0.4, -0.2) is 48.2 Å². The number of benzene rings is 1. The lowest BCUT2D eigenvalue weighted by atomic mass is 9.92. The molecule has 0 saturated carbocycles. The standard InChI is InChI=1S/C18H27N3O3S/c1-13-9-14(2)12-20(11-13)8-4-7-19-18(22)15-5-6-17(25-3)16(10-15)21(23)24/h5-6,10,13-14H,4,7-9,11-12H2,1-3H3,(H,19,22). The lowest BCUT2D eigenvalue weighted by molar-refractivity contribution is -0.387. The molecule has 1 aliphatic rings. The third kappa shape index (κ3) is 5.71. The molecule has 1 aromatic carbocycles. The molecule has 1 N–H and O–H groups in total. The van der Waals surface area contributed by atoms with Crippen LogP contribution in [-0.2, 0) is 0 Å². The maximum absolute atomic E-state index is 12.2. The van der Waals surface area contributed by atoms with E-state index in [2.05, 4.69) is 24.1 Å². The minimum absolute atomic E-state index is 0.0172. The van der Waals surface area contributed by atoms with E-state index in [9.17, 15) is 14.9 Å². The van der Waals surface area contributed by atoms with Crippen molar-refractivity contribution >= 4 is 23.4 Å². The van der Waals surface area contributed by atoms with Crippen LogP contribution in [0.1, 0.15) is 37.0 Å². The van der Waals surface area contributed by atoms with E-state index in [0.29, 0.717) is 17.0 Å². The number of thioether (sulfide) groups is 1. The van der Waals surface area contributed by atoms with Gasteiger partial charge in [0.1, 0.15) is 0 Å². The zero-order valence-electron chi connectivity index (χ0n) is 15.2. The van der Waals surface area contributed by atoms with Crippen molar-refractivity contribution in [3.05, 3.63) is 33.9 Å². The molecule has 0 bridgehead atoms. The molecule has 7 heteroatoms. The molecule has 1 fully saturated rings. The highest BCUT2D eigenvalue weighted by molar-refractivity contribution is 7.98. The van der Waals surface area contributed by atoms with E-state index in [1.807, 2.05) is 0 Å². The Balaban J connectivity index is 1.82. The van der Waals surface area contributed by atoms with Crippen LogP contribution in [0.25, 0.3) is 0 Å². The summed E-state index contributed by atoms with van der Waals surface area (Å²) >= 11 is 1.30. The van der Waals surface area contributed by atoms with E-state index in [1.54, 1.807) is 18.4 Å². The number of piperidine rings is 1. The Morgan fingerprint density at radius 2 is 2.04 bits per heavy atom. The van der Waals surface area contributed by atoms with Gasteiger partial charge < -0.3 is 10.2 Å². The lowest BCUT2D eigenvalue weighted by Gasteiger charge is -2.34. The van der Waals surface area contributed by atoms with Gasteiger partial charge in [-0.1, -0.05) is 13.8 Å². The van der Waals surface area contributed by atoms with Gasteiger partial charge >= 0.3 is 0 Å². The van der Waals surface area contributed by atoms with Crippen LogP contribution in [0.15, 0.2) is 23.1 Å². The van der Waals surface area contributed by atoms with Gasteiger partial charge in [-0.15, -0.1) is 11.8 Å². The van der Waals surface area contributed by atoms with Crippen molar-refractivity contribution in [2.75, 3.05) is 32.4 Å². The lowest BCUT2D eigenvalue weighted by Crippen LogP contribution is -2.40. The summed E-state index contributed by atoms with van der Waals surface area (Å²) in [6.07, 6.45) is 3.96. The molecule has 1 heterocycles. The van der Waals surface area contributed by atoms with E-state index in [0.717, 1.165) is 37.9 Å². The highest BCUT2D eigenvalue weighted by Gasteiger charge is 2.21. The largest absolute Gasteiger partial charge is 0.352 e. The summed E-state index contributed by atoms with van der Waals surface area (Å²) in [5.41, 5.74) is 0.321. The first-order valence-corrected chi connectivity index (χ1v) is 9.96. The number of hydrogen-bond donors (Lipinski definition) is 1. The fraction of sp³-hybridized carbons (Fsp3) is 0.611. The van der Waals surface area contributed by atoms with Crippen LogP contribution in [0.4, 0.5) is 5.69 Å². The van der Waals surface area contributed by atoms with Crippen molar-refractivity contribution in [3.8, 4) is 0 Å². The molecule has 1 aliphatic heterocycles. The molecule has 0 spiro atoms. The molecule has 2 atom stereocenters. The quantitative estimate of drug-likeness (QED) is 0.347. The second-order valence-corrected chi connectivity index (χ2v) is 7.81. The van der Waals surface area contributed by atoms with Gasteiger partial charge in [0.25, 0.3) is 11.6 Å². The monoisotopic (exact) mass is 365 g/mol. The molecular weight excluding hydrogens is 338 g/mol. The first-order chi connectivity index (χ1) is 11.9. The minimum atomic E-state index is -0.443. The summed E-state index contributed by atoms with van der Waals surface area (Å²) in [5, 5.41) is 14.0.